The van der Waals surface area contributed by atoms with Gasteiger partial charge in [-0.05, 0) is 26.8 Å². The molecule has 1 fully saturated rings. The summed E-state index contributed by atoms with van der Waals surface area (Å²) in [6.07, 6.45) is 1.18. The Morgan fingerprint density at radius 1 is 1.25 bits per heavy atom. The molecular weight excluding hydrogens is 202 g/mol. The molecule has 0 spiro atoms. The van der Waals surface area contributed by atoms with E-state index < -0.39 is 5.41 Å². The van der Waals surface area contributed by atoms with Crippen LogP contribution in [0.25, 0.3) is 0 Å². The number of nitrogens with two attached hydrogens (primary N) is 1. The monoisotopic (exact) mass is 227 g/mol. The summed E-state index contributed by atoms with van der Waals surface area (Å²) >= 11 is 0. The minimum atomic E-state index is -0.410. The Hall–Kier alpha value is -0.610. The minimum Gasteiger partial charge on any atom is -0.340 e. The fourth-order valence-electron chi connectivity index (χ4n) is 2.01. The van der Waals surface area contributed by atoms with Gasteiger partial charge in [0.25, 0.3) is 0 Å². The molecule has 1 amide bonds. The molecule has 0 aromatic heterocycles. The zero-order valence-electron chi connectivity index (χ0n) is 10.8. The van der Waals surface area contributed by atoms with Gasteiger partial charge < -0.3 is 10.6 Å². The predicted octanol–water partition coefficient (Wildman–Crippen LogP) is 0.526. The third-order valence-corrected chi connectivity index (χ3v) is 3.29. The van der Waals surface area contributed by atoms with Crippen molar-refractivity contribution in [3.8, 4) is 0 Å². The van der Waals surface area contributed by atoms with Crippen LogP contribution in [0.1, 0.15) is 27.2 Å². The summed E-state index contributed by atoms with van der Waals surface area (Å²) in [7, 11) is 0. The molecule has 1 aliphatic heterocycles. The first kappa shape index (κ1) is 13.5. The molecule has 0 aliphatic carbocycles. The third kappa shape index (κ3) is 3.19. The van der Waals surface area contributed by atoms with Crippen LogP contribution in [0.5, 0.6) is 0 Å². The molecular formula is C12H25N3O. The normalized spacial score (nSPS) is 18.9. The Kier molecular flexibility index (Phi) is 4.74. The number of carbonyl (C=O) groups excluding carboxylic acids is 1. The number of amides is 1. The van der Waals surface area contributed by atoms with Gasteiger partial charge in [0, 0.05) is 32.7 Å². The molecule has 1 rings (SSSR count). The van der Waals surface area contributed by atoms with Crippen molar-refractivity contribution in [2.24, 2.45) is 11.1 Å². The van der Waals surface area contributed by atoms with Gasteiger partial charge in [0.15, 0.2) is 0 Å². The van der Waals surface area contributed by atoms with Crippen LogP contribution in [0.4, 0.5) is 0 Å². The van der Waals surface area contributed by atoms with Crippen molar-refractivity contribution in [3.63, 3.8) is 0 Å². The Labute approximate surface area is 98.8 Å². The summed E-state index contributed by atoms with van der Waals surface area (Å²) in [5.41, 5.74) is 5.22. The van der Waals surface area contributed by atoms with Crippen LogP contribution in [0.15, 0.2) is 0 Å². The number of hydrogen-bond acceptors (Lipinski definition) is 3. The molecule has 0 unspecified atom stereocenters. The summed E-state index contributed by atoms with van der Waals surface area (Å²) in [4.78, 5) is 16.5. The highest BCUT2D eigenvalue weighted by Crippen LogP contribution is 2.18. The van der Waals surface area contributed by atoms with Crippen LogP contribution < -0.4 is 5.73 Å². The molecule has 1 saturated heterocycles. The average Bonchev–Trinajstić information content (AvgIpc) is 2.29. The molecule has 0 bridgehead atoms. The van der Waals surface area contributed by atoms with E-state index in [4.69, 9.17) is 5.73 Å². The maximum atomic E-state index is 12.1. The lowest BCUT2D eigenvalue weighted by Gasteiger charge is -2.38. The van der Waals surface area contributed by atoms with Gasteiger partial charge in [-0.15, -0.1) is 0 Å². The minimum absolute atomic E-state index is 0.200. The first-order valence-corrected chi connectivity index (χ1v) is 6.23. The molecule has 0 aromatic carbocycles. The second-order valence-electron chi connectivity index (χ2n) is 5.22. The fraction of sp³-hybridized carbons (Fsp3) is 0.917. The summed E-state index contributed by atoms with van der Waals surface area (Å²) < 4.78 is 0. The lowest BCUT2D eigenvalue weighted by Crippen LogP contribution is -2.53. The maximum Gasteiger partial charge on any atom is 0.229 e. The topological polar surface area (TPSA) is 49.6 Å². The lowest BCUT2D eigenvalue weighted by atomic mass is 9.91. The Morgan fingerprint density at radius 3 is 2.25 bits per heavy atom. The summed E-state index contributed by atoms with van der Waals surface area (Å²) in [6.45, 7) is 11.3. The quantitative estimate of drug-likeness (QED) is 0.762. The highest BCUT2D eigenvalue weighted by atomic mass is 16.2. The fourth-order valence-corrected chi connectivity index (χ4v) is 2.01. The predicted molar refractivity (Wildman–Crippen MR) is 66.1 cm³/mol. The molecule has 4 heteroatoms. The van der Waals surface area contributed by atoms with E-state index in [1.807, 2.05) is 18.7 Å². The Bertz CT molecular complexity index is 232. The van der Waals surface area contributed by atoms with E-state index in [1.165, 1.54) is 6.42 Å². The maximum absolute atomic E-state index is 12.1. The van der Waals surface area contributed by atoms with Gasteiger partial charge >= 0.3 is 0 Å². The van der Waals surface area contributed by atoms with Crippen molar-refractivity contribution in [3.05, 3.63) is 0 Å². The van der Waals surface area contributed by atoms with Crippen LogP contribution in [0, 0.1) is 5.41 Å². The Morgan fingerprint density at radius 2 is 1.81 bits per heavy atom. The molecule has 1 heterocycles. The van der Waals surface area contributed by atoms with E-state index in [-0.39, 0.29) is 5.91 Å². The standard InChI is InChI=1S/C12H25N3O/c1-4-5-14-6-8-15(9-7-14)11(16)12(2,3)10-13/h4-10,13H2,1-3H3. The van der Waals surface area contributed by atoms with Crippen LogP contribution in [0.3, 0.4) is 0 Å². The van der Waals surface area contributed by atoms with Gasteiger partial charge in [0.2, 0.25) is 5.91 Å². The van der Waals surface area contributed by atoms with E-state index in [0.29, 0.717) is 6.54 Å². The SMILES string of the molecule is CCCN1CCN(C(=O)C(C)(C)CN)CC1. The molecule has 2 N–H and O–H groups in total. The van der Waals surface area contributed by atoms with Crippen LogP contribution in [0.2, 0.25) is 0 Å². The van der Waals surface area contributed by atoms with Crippen molar-refractivity contribution in [2.45, 2.75) is 27.2 Å². The third-order valence-electron chi connectivity index (χ3n) is 3.29. The van der Waals surface area contributed by atoms with Gasteiger partial charge in [0.05, 0.1) is 5.41 Å². The molecule has 4 nitrogen and oxygen atoms in total. The number of rotatable bonds is 4. The van der Waals surface area contributed by atoms with E-state index in [2.05, 4.69) is 11.8 Å². The molecule has 0 radical (unpaired) electrons. The molecule has 16 heavy (non-hydrogen) atoms. The second kappa shape index (κ2) is 5.64. The highest BCUT2D eigenvalue weighted by Gasteiger charge is 2.32. The summed E-state index contributed by atoms with van der Waals surface area (Å²) in [5.74, 6) is 0.200. The van der Waals surface area contributed by atoms with E-state index in [9.17, 15) is 4.79 Å². The number of hydrogen-bond donors (Lipinski definition) is 1. The van der Waals surface area contributed by atoms with Crippen molar-refractivity contribution in [1.82, 2.24) is 9.80 Å². The Balaban J connectivity index is 2.45. The van der Waals surface area contributed by atoms with Gasteiger partial charge in [-0.2, -0.15) is 0 Å². The van der Waals surface area contributed by atoms with Crippen molar-refractivity contribution < 1.29 is 4.79 Å². The highest BCUT2D eigenvalue weighted by molar-refractivity contribution is 5.82. The molecule has 0 saturated carbocycles. The number of carbonyl (C=O) groups is 1. The molecule has 1 aliphatic rings. The van der Waals surface area contributed by atoms with Crippen molar-refractivity contribution in [1.29, 1.82) is 0 Å². The molecule has 94 valence electrons. The van der Waals surface area contributed by atoms with Crippen LogP contribution >= 0.6 is 0 Å². The second-order valence-corrected chi connectivity index (χ2v) is 5.22. The number of piperazine rings is 1. The molecule has 0 atom stereocenters. The summed E-state index contributed by atoms with van der Waals surface area (Å²) in [5, 5.41) is 0. The smallest absolute Gasteiger partial charge is 0.229 e. The number of nitrogens with zero attached hydrogens (tertiary/aromatic N) is 2. The zero-order valence-corrected chi connectivity index (χ0v) is 10.8. The van der Waals surface area contributed by atoms with Crippen LogP contribution in [-0.2, 0) is 4.79 Å². The lowest BCUT2D eigenvalue weighted by molar-refractivity contribution is -0.141. The van der Waals surface area contributed by atoms with Crippen LogP contribution in [-0.4, -0.2) is 55.0 Å². The average molecular weight is 227 g/mol. The molecule has 0 aromatic rings. The van der Waals surface area contributed by atoms with Gasteiger partial charge in [-0.25, -0.2) is 0 Å². The zero-order chi connectivity index (χ0) is 12.2. The first-order chi connectivity index (χ1) is 7.51. The van der Waals surface area contributed by atoms with E-state index in [0.717, 1.165) is 32.7 Å². The van der Waals surface area contributed by atoms with Crippen molar-refractivity contribution >= 4 is 5.91 Å². The summed E-state index contributed by atoms with van der Waals surface area (Å²) in [6, 6.07) is 0. The van der Waals surface area contributed by atoms with Crippen molar-refractivity contribution in [2.75, 3.05) is 39.3 Å². The first-order valence-electron chi connectivity index (χ1n) is 6.23. The van der Waals surface area contributed by atoms with Gasteiger partial charge in [0.1, 0.15) is 0 Å². The largest absolute Gasteiger partial charge is 0.340 e. The van der Waals surface area contributed by atoms with E-state index in [1.54, 1.807) is 0 Å². The van der Waals surface area contributed by atoms with Gasteiger partial charge in [-0.1, -0.05) is 6.92 Å². The van der Waals surface area contributed by atoms with E-state index >= 15 is 0 Å². The van der Waals surface area contributed by atoms with Gasteiger partial charge in [-0.3, -0.25) is 9.69 Å².